The molecule has 0 spiro atoms. The number of carbonyl (C=O) groups excluding carboxylic acids is 1. The summed E-state index contributed by atoms with van der Waals surface area (Å²) in [4.78, 5) is 14.3. The molecule has 3 nitrogen and oxygen atoms in total. The van der Waals surface area contributed by atoms with Crippen LogP contribution in [0, 0.1) is 5.82 Å². The van der Waals surface area contributed by atoms with Gasteiger partial charge in [-0.15, -0.1) is 0 Å². The standard InChI is InChI=1S/C25H26FNO2/c1-5-27(24(28)29-25(2,3)4)23-13-9-7-11-21(23)19-16-14-18(15-17-19)20-10-6-8-12-22(20)26/h6-17H,5H2,1-4H3. The average molecular weight is 391 g/mol. The first kappa shape index (κ1) is 20.6. The van der Waals surface area contributed by atoms with Crippen LogP contribution in [0.4, 0.5) is 14.9 Å². The molecule has 4 heteroatoms. The molecule has 0 atom stereocenters. The van der Waals surface area contributed by atoms with Crippen molar-refractivity contribution >= 4 is 11.8 Å². The molecule has 0 heterocycles. The zero-order valence-electron chi connectivity index (χ0n) is 17.3. The van der Waals surface area contributed by atoms with Gasteiger partial charge in [-0.05, 0) is 51.0 Å². The van der Waals surface area contributed by atoms with Crippen LogP contribution in [-0.2, 0) is 4.74 Å². The van der Waals surface area contributed by atoms with E-state index in [4.69, 9.17) is 4.74 Å². The SMILES string of the molecule is CCN(C(=O)OC(C)(C)C)c1ccccc1-c1ccc(-c2ccccc2F)cc1. The van der Waals surface area contributed by atoms with Gasteiger partial charge >= 0.3 is 6.09 Å². The van der Waals surface area contributed by atoms with Crippen LogP contribution < -0.4 is 4.90 Å². The van der Waals surface area contributed by atoms with Crippen molar-refractivity contribution in [1.29, 1.82) is 0 Å². The van der Waals surface area contributed by atoms with E-state index < -0.39 is 5.60 Å². The van der Waals surface area contributed by atoms with Crippen LogP contribution in [0.1, 0.15) is 27.7 Å². The molecule has 0 fully saturated rings. The van der Waals surface area contributed by atoms with E-state index in [1.165, 1.54) is 6.07 Å². The molecule has 0 radical (unpaired) electrons. The van der Waals surface area contributed by atoms with Crippen LogP contribution in [0.2, 0.25) is 0 Å². The van der Waals surface area contributed by atoms with Gasteiger partial charge < -0.3 is 4.74 Å². The molecule has 0 saturated heterocycles. The lowest BCUT2D eigenvalue weighted by Gasteiger charge is -2.28. The number of anilines is 1. The normalized spacial score (nSPS) is 11.2. The Kier molecular flexibility index (Phi) is 6.02. The quantitative estimate of drug-likeness (QED) is 0.483. The molecule has 0 saturated carbocycles. The third kappa shape index (κ3) is 4.83. The van der Waals surface area contributed by atoms with Gasteiger partial charge in [-0.2, -0.15) is 0 Å². The van der Waals surface area contributed by atoms with E-state index in [1.54, 1.807) is 17.0 Å². The maximum atomic E-state index is 14.1. The summed E-state index contributed by atoms with van der Waals surface area (Å²) in [6.07, 6.45) is -0.379. The fourth-order valence-corrected chi connectivity index (χ4v) is 3.19. The first-order chi connectivity index (χ1) is 13.8. The summed E-state index contributed by atoms with van der Waals surface area (Å²) in [5.74, 6) is -0.247. The minimum atomic E-state index is -0.569. The molecule has 1 amide bonds. The molecular formula is C25H26FNO2. The molecule has 0 N–H and O–H groups in total. The second-order valence-corrected chi connectivity index (χ2v) is 7.80. The number of halogens is 1. The topological polar surface area (TPSA) is 29.5 Å². The highest BCUT2D eigenvalue weighted by molar-refractivity contribution is 5.94. The predicted molar refractivity (Wildman–Crippen MR) is 117 cm³/mol. The third-order valence-electron chi connectivity index (χ3n) is 4.51. The molecule has 0 unspecified atom stereocenters. The van der Waals surface area contributed by atoms with Gasteiger partial charge in [0.1, 0.15) is 11.4 Å². The summed E-state index contributed by atoms with van der Waals surface area (Å²) in [6, 6.07) is 22.1. The highest BCUT2D eigenvalue weighted by Crippen LogP contribution is 2.33. The highest BCUT2D eigenvalue weighted by Gasteiger charge is 2.24. The van der Waals surface area contributed by atoms with Crippen molar-refractivity contribution < 1.29 is 13.9 Å². The Morgan fingerprint density at radius 3 is 1.93 bits per heavy atom. The number of hydrogen-bond acceptors (Lipinski definition) is 2. The highest BCUT2D eigenvalue weighted by atomic mass is 19.1. The first-order valence-corrected chi connectivity index (χ1v) is 9.75. The Balaban J connectivity index is 1.96. The number of nitrogens with zero attached hydrogens (tertiary/aromatic N) is 1. The van der Waals surface area contributed by atoms with Gasteiger partial charge in [0.05, 0.1) is 5.69 Å². The summed E-state index contributed by atoms with van der Waals surface area (Å²) in [5, 5.41) is 0. The number of carbonyl (C=O) groups is 1. The molecule has 0 bridgehead atoms. The molecule has 3 aromatic rings. The Morgan fingerprint density at radius 1 is 0.862 bits per heavy atom. The Morgan fingerprint density at radius 2 is 1.38 bits per heavy atom. The zero-order chi connectivity index (χ0) is 21.0. The van der Waals surface area contributed by atoms with Gasteiger partial charge in [-0.1, -0.05) is 60.7 Å². The van der Waals surface area contributed by atoms with Gasteiger partial charge in [-0.3, -0.25) is 4.90 Å². The molecular weight excluding hydrogens is 365 g/mol. The lowest BCUT2D eigenvalue weighted by molar-refractivity contribution is 0.0582. The fraction of sp³-hybridized carbons (Fsp3) is 0.240. The molecule has 0 aromatic heterocycles. The van der Waals surface area contributed by atoms with E-state index in [9.17, 15) is 9.18 Å². The van der Waals surface area contributed by atoms with Crippen LogP contribution in [0.25, 0.3) is 22.3 Å². The van der Waals surface area contributed by atoms with Crippen LogP contribution in [0.3, 0.4) is 0 Å². The maximum absolute atomic E-state index is 14.1. The number of para-hydroxylation sites is 1. The minimum absolute atomic E-state index is 0.247. The lowest BCUT2D eigenvalue weighted by Crippen LogP contribution is -2.37. The van der Waals surface area contributed by atoms with Crippen LogP contribution >= 0.6 is 0 Å². The van der Waals surface area contributed by atoms with Crippen molar-refractivity contribution in [2.75, 3.05) is 11.4 Å². The summed E-state index contributed by atoms with van der Waals surface area (Å²) in [6.45, 7) is 7.96. The van der Waals surface area contributed by atoms with Gasteiger partial charge in [0.15, 0.2) is 0 Å². The van der Waals surface area contributed by atoms with E-state index in [2.05, 4.69) is 0 Å². The van der Waals surface area contributed by atoms with E-state index in [0.717, 1.165) is 22.4 Å². The van der Waals surface area contributed by atoms with Crippen LogP contribution in [0.15, 0.2) is 72.8 Å². The summed E-state index contributed by atoms with van der Waals surface area (Å²) in [7, 11) is 0. The zero-order valence-corrected chi connectivity index (χ0v) is 17.3. The molecule has 0 aliphatic rings. The number of hydrogen-bond donors (Lipinski definition) is 0. The number of benzene rings is 3. The monoisotopic (exact) mass is 391 g/mol. The average Bonchev–Trinajstić information content (AvgIpc) is 2.68. The van der Waals surface area contributed by atoms with Crippen molar-refractivity contribution in [3.05, 3.63) is 78.6 Å². The van der Waals surface area contributed by atoms with E-state index in [-0.39, 0.29) is 11.9 Å². The van der Waals surface area contributed by atoms with Gasteiger partial charge in [0.25, 0.3) is 0 Å². The maximum Gasteiger partial charge on any atom is 0.414 e. The van der Waals surface area contributed by atoms with Crippen molar-refractivity contribution in [3.63, 3.8) is 0 Å². The van der Waals surface area contributed by atoms with Crippen LogP contribution in [0.5, 0.6) is 0 Å². The van der Waals surface area contributed by atoms with Crippen molar-refractivity contribution in [2.24, 2.45) is 0 Å². The molecule has 0 aliphatic heterocycles. The lowest BCUT2D eigenvalue weighted by atomic mass is 9.98. The second kappa shape index (κ2) is 8.48. The smallest absolute Gasteiger partial charge is 0.414 e. The molecule has 29 heavy (non-hydrogen) atoms. The predicted octanol–water partition coefficient (Wildman–Crippen LogP) is 6.92. The fourth-order valence-electron chi connectivity index (χ4n) is 3.19. The Hall–Kier alpha value is -3.14. The van der Waals surface area contributed by atoms with Gasteiger partial charge in [-0.25, -0.2) is 9.18 Å². The molecule has 3 aromatic carbocycles. The number of amides is 1. The first-order valence-electron chi connectivity index (χ1n) is 9.75. The summed E-state index contributed by atoms with van der Waals surface area (Å²) in [5.41, 5.74) is 3.45. The number of rotatable bonds is 4. The number of ether oxygens (including phenoxy) is 1. The van der Waals surface area contributed by atoms with Gasteiger partial charge in [0, 0.05) is 17.7 Å². The molecule has 3 rings (SSSR count). The van der Waals surface area contributed by atoms with Crippen molar-refractivity contribution in [1.82, 2.24) is 0 Å². The van der Waals surface area contributed by atoms with Crippen LogP contribution in [-0.4, -0.2) is 18.2 Å². The van der Waals surface area contributed by atoms with Gasteiger partial charge in [0.2, 0.25) is 0 Å². The summed E-state index contributed by atoms with van der Waals surface area (Å²) >= 11 is 0. The van der Waals surface area contributed by atoms with Crippen molar-refractivity contribution in [3.8, 4) is 22.3 Å². The third-order valence-corrected chi connectivity index (χ3v) is 4.51. The van der Waals surface area contributed by atoms with Crippen molar-refractivity contribution in [2.45, 2.75) is 33.3 Å². The van der Waals surface area contributed by atoms with E-state index in [1.807, 2.05) is 82.3 Å². The molecule has 150 valence electrons. The minimum Gasteiger partial charge on any atom is -0.443 e. The molecule has 0 aliphatic carbocycles. The summed E-state index contributed by atoms with van der Waals surface area (Å²) < 4.78 is 19.7. The Bertz CT molecular complexity index is 990. The second-order valence-electron chi connectivity index (χ2n) is 7.80. The van der Waals surface area contributed by atoms with E-state index >= 15 is 0 Å². The largest absolute Gasteiger partial charge is 0.443 e. The van der Waals surface area contributed by atoms with E-state index in [0.29, 0.717) is 12.1 Å². The Labute approximate surface area is 171 Å².